The summed E-state index contributed by atoms with van der Waals surface area (Å²) in [6.07, 6.45) is 4.59. The van der Waals surface area contributed by atoms with Crippen LogP contribution >= 0.6 is 12.4 Å². The number of nitrogens with one attached hydrogen (secondary N) is 1. The molecule has 1 aromatic carbocycles. The molecular weight excluding hydrogens is 300 g/mol. The number of hydrogen-bond acceptors (Lipinski definition) is 3. The van der Waals surface area contributed by atoms with Crippen LogP contribution in [0.3, 0.4) is 0 Å². The summed E-state index contributed by atoms with van der Waals surface area (Å²) in [5, 5.41) is 3.65. The first kappa shape index (κ1) is 15.8. The molecule has 3 saturated heterocycles. The van der Waals surface area contributed by atoms with E-state index in [0.29, 0.717) is 18.6 Å². The number of hydrogen-bond donors (Lipinski definition) is 1. The topological polar surface area (TPSA) is 41.6 Å². The van der Waals surface area contributed by atoms with Crippen molar-refractivity contribution in [2.45, 2.75) is 49.9 Å². The lowest BCUT2D eigenvalue weighted by atomic mass is 9.85. The Morgan fingerprint density at radius 2 is 1.86 bits per heavy atom. The molecule has 1 spiro atoms. The fourth-order valence-electron chi connectivity index (χ4n) is 4.19. The normalized spacial score (nSPS) is 33.8. The molecule has 120 valence electrons. The third-order valence-corrected chi connectivity index (χ3v) is 5.12. The molecule has 0 saturated carbocycles. The molecule has 3 aliphatic heterocycles. The molecule has 4 nitrogen and oxygen atoms in total. The van der Waals surface area contributed by atoms with Gasteiger partial charge in [-0.15, -0.1) is 12.4 Å². The maximum atomic E-state index is 12.2. The SMILES string of the molecule is Cl.O=C1COC2(CC3CCC(C2)N3)CN1Cc1ccccc1. The smallest absolute Gasteiger partial charge is 0.248 e. The zero-order valence-electron chi connectivity index (χ0n) is 12.7. The fourth-order valence-corrected chi connectivity index (χ4v) is 4.19. The molecule has 22 heavy (non-hydrogen) atoms. The molecular formula is C17H23ClN2O2. The number of halogens is 1. The fraction of sp³-hybridized carbons (Fsp3) is 0.588. The van der Waals surface area contributed by atoms with E-state index in [-0.39, 0.29) is 30.5 Å². The number of rotatable bonds is 2. The van der Waals surface area contributed by atoms with Crippen LogP contribution in [-0.4, -0.2) is 41.6 Å². The van der Waals surface area contributed by atoms with Crippen molar-refractivity contribution in [2.24, 2.45) is 0 Å². The predicted molar refractivity (Wildman–Crippen MR) is 87.0 cm³/mol. The number of benzene rings is 1. The Labute approximate surface area is 137 Å². The van der Waals surface area contributed by atoms with Gasteiger partial charge < -0.3 is 15.0 Å². The molecule has 3 heterocycles. The maximum absolute atomic E-state index is 12.2. The van der Waals surface area contributed by atoms with E-state index < -0.39 is 0 Å². The highest BCUT2D eigenvalue weighted by Crippen LogP contribution is 2.38. The van der Waals surface area contributed by atoms with Crippen molar-refractivity contribution in [3.8, 4) is 0 Å². The van der Waals surface area contributed by atoms with Crippen molar-refractivity contribution in [3.63, 3.8) is 0 Å². The number of nitrogens with zero attached hydrogens (tertiary/aromatic N) is 1. The summed E-state index contributed by atoms with van der Waals surface area (Å²) in [5.74, 6) is 0.121. The van der Waals surface area contributed by atoms with E-state index in [1.54, 1.807) is 0 Å². The largest absolute Gasteiger partial charge is 0.363 e. The van der Waals surface area contributed by atoms with Gasteiger partial charge in [-0.25, -0.2) is 0 Å². The average Bonchev–Trinajstić information content (AvgIpc) is 2.84. The van der Waals surface area contributed by atoms with Gasteiger partial charge in [0.25, 0.3) is 0 Å². The molecule has 0 radical (unpaired) electrons. The highest BCUT2D eigenvalue weighted by atomic mass is 35.5. The predicted octanol–water partition coefficient (Wildman–Crippen LogP) is 2.12. The van der Waals surface area contributed by atoms with E-state index in [9.17, 15) is 4.79 Å². The molecule has 3 aliphatic rings. The van der Waals surface area contributed by atoms with Gasteiger partial charge in [-0.1, -0.05) is 30.3 Å². The maximum Gasteiger partial charge on any atom is 0.248 e. The van der Waals surface area contributed by atoms with E-state index in [4.69, 9.17) is 4.74 Å². The summed E-state index contributed by atoms with van der Waals surface area (Å²) in [5.41, 5.74) is 1.08. The van der Waals surface area contributed by atoms with Gasteiger partial charge in [0.2, 0.25) is 5.91 Å². The van der Waals surface area contributed by atoms with Crippen molar-refractivity contribution in [1.29, 1.82) is 0 Å². The molecule has 0 aliphatic carbocycles. The lowest BCUT2D eigenvalue weighted by Crippen LogP contribution is -2.60. The number of piperidine rings is 1. The minimum absolute atomic E-state index is 0. The molecule has 1 aromatic rings. The average molecular weight is 323 g/mol. The van der Waals surface area contributed by atoms with Gasteiger partial charge in [-0.3, -0.25) is 4.79 Å². The van der Waals surface area contributed by atoms with Crippen LogP contribution in [0.25, 0.3) is 0 Å². The first-order valence-electron chi connectivity index (χ1n) is 7.94. The van der Waals surface area contributed by atoms with E-state index in [1.807, 2.05) is 23.1 Å². The number of amides is 1. The van der Waals surface area contributed by atoms with Crippen LogP contribution in [0.4, 0.5) is 0 Å². The van der Waals surface area contributed by atoms with Gasteiger partial charge in [0.05, 0.1) is 12.1 Å². The monoisotopic (exact) mass is 322 g/mol. The van der Waals surface area contributed by atoms with Crippen molar-refractivity contribution in [3.05, 3.63) is 35.9 Å². The Hall–Kier alpha value is -1.10. The second kappa shape index (κ2) is 6.19. The van der Waals surface area contributed by atoms with Crippen LogP contribution in [0.5, 0.6) is 0 Å². The highest BCUT2D eigenvalue weighted by Gasteiger charge is 2.48. The van der Waals surface area contributed by atoms with Crippen LogP contribution < -0.4 is 5.32 Å². The molecule has 2 bridgehead atoms. The summed E-state index contributed by atoms with van der Waals surface area (Å²) < 4.78 is 6.04. The van der Waals surface area contributed by atoms with Gasteiger partial charge in [0.1, 0.15) is 6.61 Å². The number of ether oxygens (including phenoxy) is 1. The van der Waals surface area contributed by atoms with E-state index in [1.165, 1.54) is 18.4 Å². The molecule has 3 fully saturated rings. The zero-order chi connectivity index (χ0) is 14.3. The standard InChI is InChI=1S/C17H22N2O2.ClH/c20-16-11-21-17(8-14-6-7-15(9-17)18-14)12-19(16)10-13-4-2-1-3-5-13;/h1-5,14-15,18H,6-12H2;1H. The number of carbonyl (C=O) groups excluding carboxylic acids is 1. The number of morpholine rings is 1. The third-order valence-electron chi connectivity index (χ3n) is 5.12. The minimum atomic E-state index is -0.111. The third kappa shape index (κ3) is 3.00. The molecule has 1 amide bonds. The highest BCUT2D eigenvalue weighted by molar-refractivity contribution is 5.85. The van der Waals surface area contributed by atoms with E-state index >= 15 is 0 Å². The van der Waals surface area contributed by atoms with E-state index in [0.717, 1.165) is 19.4 Å². The van der Waals surface area contributed by atoms with Crippen LogP contribution in [0.15, 0.2) is 30.3 Å². The minimum Gasteiger partial charge on any atom is -0.363 e. The summed E-state index contributed by atoms with van der Waals surface area (Å²) in [4.78, 5) is 14.2. The van der Waals surface area contributed by atoms with Gasteiger partial charge in [-0.2, -0.15) is 0 Å². The lowest BCUT2D eigenvalue weighted by Gasteiger charge is -2.47. The lowest BCUT2D eigenvalue weighted by molar-refractivity contribution is -0.171. The molecule has 2 atom stereocenters. The van der Waals surface area contributed by atoms with Crippen LogP contribution in [-0.2, 0) is 16.1 Å². The molecule has 0 aromatic heterocycles. The molecule has 2 unspecified atom stereocenters. The Kier molecular flexibility index (Phi) is 4.44. The van der Waals surface area contributed by atoms with Crippen molar-refractivity contribution >= 4 is 18.3 Å². The Morgan fingerprint density at radius 3 is 2.55 bits per heavy atom. The Bertz CT molecular complexity index is 525. The van der Waals surface area contributed by atoms with Crippen LogP contribution in [0.2, 0.25) is 0 Å². The number of fused-ring (bicyclic) bond motifs is 2. The second-order valence-corrected chi connectivity index (χ2v) is 6.75. The van der Waals surface area contributed by atoms with Gasteiger partial charge in [0, 0.05) is 18.6 Å². The number of carbonyl (C=O) groups is 1. The van der Waals surface area contributed by atoms with Gasteiger partial charge in [-0.05, 0) is 31.2 Å². The van der Waals surface area contributed by atoms with Crippen LogP contribution in [0, 0.1) is 0 Å². The van der Waals surface area contributed by atoms with Crippen molar-refractivity contribution in [2.75, 3.05) is 13.2 Å². The first-order valence-corrected chi connectivity index (χ1v) is 7.94. The van der Waals surface area contributed by atoms with Crippen molar-refractivity contribution < 1.29 is 9.53 Å². The quantitative estimate of drug-likeness (QED) is 0.907. The first-order chi connectivity index (χ1) is 10.2. The van der Waals surface area contributed by atoms with Crippen LogP contribution in [0.1, 0.15) is 31.2 Å². The summed E-state index contributed by atoms with van der Waals surface area (Å²) >= 11 is 0. The Morgan fingerprint density at radius 1 is 1.18 bits per heavy atom. The molecule has 4 rings (SSSR count). The van der Waals surface area contributed by atoms with Gasteiger partial charge in [0.15, 0.2) is 0 Å². The summed E-state index contributed by atoms with van der Waals surface area (Å²) in [6, 6.07) is 11.4. The summed E-state index contributed by atoms with van der Waals surface area (Å²) in [7, 11) is 0. The zero-order valence-corrected chi connectivity index (χ0v) is 13.5. The Balaban J connectivity index is 0.00000144. The van der Waals surface area contributed by atoms with E-state index in [2.05, 4.69) is 17.4 Å². The molecule has 5 heteroatoms. The second-order valence-electron chi connectivity index (χ2n) is 6.75. The van der Waals surface area contributed by atoms with Gasteiger partial charge >= 0.3 is 0 Å². The molecule has 1 N–H and O–H groups in total. The van der Waals surface area contributed by atoms with Crippen molar-refractivity contribution in [1.82, 2.24) is 10.2 Å². The summed E-state index contributed by atoms with van der Waals surface area (Å²) in [6.45, 7) is 1.69.